The molecule has 0 spiro atoms. The number of pyridine rings is 1. The van der Waals surface area contributed by atoms with Gasteiger partial charge in [-0.15, -0.1) is 0 Å². The third kappa shape index (κ3) is 2.52. The summed E-state index contributed by atoms with van der Waals surface area (Å²) in [6.07, 6.45) is 10.8. The van der Waals surface area contributed by atoms with Gasteiger partial charge in [-0.1, -0.05) is 6.08 Å². The summed E-state index contributed by atoms with van der Waals surface area (Å²) in [6, 6.07) is 0. The maximum atomic E-state index is 12.5. The van der Waals surface area contributed by atoms with Crippen molar-refractivity contribution in [1.82, 2.24) is 20.2 Å². The summed E-state index contributed by atoms with van der Waals surface area (Å²) < 4.78 is 1.57. The maximum Gasteiger partial charge on any atom is 0.258 e. The number of aryl methyl sites for hydroxylation is 1. The van der Waals surface area contributed by atoms with Crippen molar-refractivity contribution in [2.45, 2.75) is 25.8 Å². The van der Waals surface area contributed by atoms with Crippen LogP contribution in [0.5, 0.6) is 0 Å². The van der Waals surface area contributed by atoms with Gasteiger partial charge in [-0.25, -0.2) is 5.43 Å². The zero-order valence-electron chi connectivity index (χ0n) is 12.9. The Morgan fingerprint density at radius 3 is 2.87 bits per heavy atom. The molecule has 3 heterocycles. The molecule has 2 aliphatic heterocycles. The van der Waals surface area contributed by atoms with Crippen molar-refractivity contribution in [3.05, 3.63) is 58.3 Å². The normalized spacial score (nSPS) is 20.2. The van der Waals surface area contributed by atoms with Gasteiger partial charge in [-0.2, -0.15) is 0 Å². The predicted octanol–water partition coefficient (Wildman–Crippen LogP) is -0.516. The lowest BCUT2D eigenvalue weighted by Gasteiger charge is -2.21. The molecule has 1 aromatic rings. The number of fused-ring (bicyclic) bond motifs is 1. The molecule has 2 aliphatic rings. The summed E-state index contributed by atoms with van der Waals surface area (Å²) in [4.78, 5) is 14.5. The Morgan fingerprint density at radius 2 is 2.22 bits per heavy atom. The molecule has 1 aromatic heterocycles. The van der Waals surface area contributed by atoms with Gasteiger partial charge in [0.15, 0.2) is 0 Å². The first kappa shape index (κ1) is 15.3. The van der Waals surface area contributed by atoms with Crippen LogP contribution in [0.3, 0.4) is 0 Å². The average Bonchev–Trinajstić information content (AvgIpc) is 2.98. The second-order valence-electron chi connectivity index (χ2n) is 5.41. The van der Waals surface area contributed by atoms with Crippen LogP contribution in [0.4, 0.5) is 5.69 Å². The third-order valence-corrected chi connectivity index (χ3v) is 4.04. The molecule has 0 bridgehead atoms. The SMILES string of the molecule is CCn1cc(C2=CN3C=CC=CC3N2)c(N)c(C(N)NN)c1=O. The van der Waals surface area contributed by atoms with E-state index in [4.69, 9.17) is 17.3 Å². The Kier molecular flexibility index (Phi) is 3.95. The van der Waals surface area contributed by atoms with Crippen LogP contribution in [0.25, 0.3) is 5.70 Å². The first-order valence-corrected chi connectivity index (χ1v) is 7.42. The fraction of sp³-hybridized carbons (Fsp3) is 0.267. The highest BCUT2D eigenvalue weighted by Gasteiger charge is 2.26. The number of hydrogen-bond donors (Lipinski definition) is 5. The topological polar surface area (TPSA) is 127 Å². The average molecular weight is 315 g/mol. The minimum atomic E-state index is -0.829. The van der Waals surface area contributed by atoms with E-state index in [0.29, 0.717) is 12.2 Å². The molecule has 8 N–H and O–H groups in total. The molecule has 0 saturated heterocycles. The van der Waals surface area contributed by atoms with Gasteiger partial charge in [0.1, 0.15) is 12.3 Å². The van der Waals surface area contributed by atoms with E-state index in [0.717, 1.165) is 11.3 Å². The minimum absolute atomic E-state index is 0.0427. The van der Waals surface area contributed by atoms with Crippen LogP contribution in [0.15, 0.2) is 41.6 Å². The number of nitrogens with zero attached hydrogens (tertiary/aromatic N) is 2. The Morgan fingerprint density at radius 1 is 1.43 bits per heavy atom. The van der Waals surface area contributed by atoms with Crippen LogP contribution in [0, 0.1) is 0 Å². The standard InChI is InChI=1S/C15H21N7O/c1-2-21-7-9(13(16)12(15(21)23)14(17)20-18)10-8-22-6-4-3-5-11(22)19-10/h3-8,11,14,19-20H,2,16-18H2,1H3. The lowest BCUT2D eigenvalue weighted by molar-refractivity contribution is 0.427. The molecule has 23 heavy (non-hydrogen) atoms. The number of nitrogens with one attached hydrogen (secondary N) is 2. The Labute approximate surface area is 133 Å². The molecule has 0 aliphatic carbocycles. The van der Waals surface area contributed by atoms with E-state index in [-0.39, 0.29) is 17.3 Å². The predicted molar refractivity (Wildman–Crippen MR) is 90.1 cm³/mol. The zero-order chi connectivity index (χ0) is 16.6. The number of hydrogen-bond acceptors (Lipinski definition) is 7. The summed E-state index contributed by atoms with van der Waals surface area (Å²) in [5, 5.41) is 3.37. The fourth-order valence-electron chi connectivity index (χ4n) is 2.78. The van der Waals surface area contributed by atoms with Gasteiger partial charge >= 0.3 is 0 Å². The molecular formula is C15H21N7O. The van der Waals surface area contributed by atoms with Crippen LogP contribution in [-0.2, 0) is 6.54 Å². The van der Waals surface area contributed by atoms with E-state index in [2.05, 4.69) is 10.7 Å². The molecule has 8 nitrogen and oxygen atoms in total. The van der Waals surface area contributed by atoms with E-state index in [9.17, 15) is 4.79 Å². The van der Waals surface area contributed by atoms with Gasteiger partial charge in [-0.05, 0) is 19.1 Å². The summed E-state index contributed by atoms with van der Waals surface area (Å²) in [5.41, 5.74) is 16.4. The summed E-state index contributed by atoms with van der Waals surface area (Å²) >= 11 is 0. The quantitative estimate of drug-likeness (QED) is 0.287. The number of hydrazine groups is 1. The minimum Gasteiger partial charge on any atom is -0.398 e. The lowest BCUT2D eigenvalue weighted by Crippen LogP contribution is -2.40. The highest BCUT2D eigenvalue weighted by Crippen LogP contribution is 2.28. The van der Waals surface area contributed by atoms with Crippen molar-refractivity contribution in [3.63, 3.8) is 0 Å². The number of anilines is 1. The number of aromatic nitrogens is 1. The second-order valence-corrected chi connectivity index (χ2v) is 5.41. The van der Waals surface area contributed by atoms with Crippen molar-refractivity contribution < 1.29 is 0 Å². The van der Waals surface area contributed by atoms with Crippen molar-refractivity contribution in [2.75, 3.05) is 5.73 Å². The van der Waals surface area contributed by atoms with Crippen LogP contribution in [-0.4, -0.2) is 15.6 Å². The first-order valence-electron chi connectivity index (χ1n) is 7.42. The maximum absolute atomic E-state index is 12.5. The van der Waals surface area contributed by atoms with Crippen molar-refractivity contribution in [2.24, 2.45) is 11.6 Å². The zero-order valence-corrected chi connectivity index (χ0v) is 12.9. The van der Waals surface area contributed by atoms with E-state index in [1.165, 1.54) is 0 Å². The lowest BCUT2D eigenvalue weighted by atomic mass is 10.1. The smallest absolute Gasteiger partial charge is 0.258 e. The van der Waals surface area contributed by atoms with Crippen molar-refractivity contribution in [3.8, 4) is 0 Å². The Hall–Kier alpha value is -2.55. The molecule has 2 unspecified atom stereocenters. The van der Waals surface area contributed by atoms with E-state index in [1.807, 2.05) is 42.5 Å². The van der Waals surface area contributed by atoms with Crippen LogP contribution in [0.1, 0.15) is 24.2 Å². The van der Waals surface area contributed by atoms with Crippen molar-refractivity contribution in [1.29, 1.82) is 0 Å². The molecule has 0 aromatic carbocycles. The molecule has 0 amide bonds. The van der Waals surface area contributed by atoms with Crippen LogP contribution < -0.4 is 33.6 Å². The van der Waals surface area contributed by atoms with Gasteiger partial charge in [0.05, 0.1) is 16.9 Å². The van der Waals surface area contributed by atoms with E-state index in [1.54, 1.807) is 10.8 Å². The molecule has 0 fully saturated rings. The number of allylic oxidation sites excluding steroid dienone is 2. The van der Waals surface area contributed by atoms with Crippen LogP contribution >= 0.6 is 0 Å². The Balaban J connectivity index is 2.11. The molecule has 8 heteroatoms. The summed E-state index contributed by atoms with van der Waals surface area (Å²) in [7, 11) is 0. The van der Waals surface area contributed by atoms with E-state index < -0.39 is 6.17 Å². The molecule has 122 valence electrons. The molecule has 2 atom stereocenters. The van der Waals surface area contributed by atoms with Gasteiger partial charge < -0.3 is 26.3 Å². The fourth-order valence-corrected chi connectivity index (χ4v) is 2.78. The highest BCUT2D eigenvalue weighted by atomic mass is 16.1. The monoisotopic (exact) mass is 315 g/mol. The molecule has 0 saturated carbocycles. The number of rotatable bonds is 4. The van der Waals surface area contributed by atoms with Gasteiger partial charge in [0, 0.05) is 30.7 Å². The van der Waals surface area contributed by atoms with Gasteiger partial charge in [0.25, 0.3) is 5.56 Å². The molecule has 0 radical (unpaired) electrons. The van der Waals surface area contributed by atoms with Gasteiger partial charge in [-0.3, -0.25) is 10.6 Å². The molecule has 3 rings (SSSR count). The van der Waals surface area contributed by atoms with Gasteiger partial charge in [0.2, 0.25) is 0 Å². The largest absolute Gasteiger partial charge is 0.398 e. The van der Waals surface area contributed by atoms with E-state index >= 15 is 0 Å². The summed E-state index contributed by atoms with van der Waals surface area (Å²) in [5.74, 6) is 5.40. The summed E-state index contributed by atoms with van der Waals surface area (Å²) in [6.45, 7) is 2.40. The first-order chi connectivity index (χ1) is 11.1. The van der Waals surface area contributed by atoms with Crippen LogP contribution in [0.2, 0.25) is 0 Å². The third-order valence-electron chi connectivity index (χ3n) is 4.04. The Bertz CT molecular complexity index is 762. The number of nitrogens with two attached hydrogens (primary N) is 3. The highest BCUT2D eigenvalue weighted by molar-refractivity contribution is 5.77. The molecular weight excluding hydrogens is 294 g/mol. The second kappa shape index (κ2) is 5.92. The van der Waals surface area contributed by atoms with Crippen molar-refractivity contribution >= 4 is 11.4 Å². The number of nitrogen functional groups attached to an aromatic ring is 1.